The SMILES string of the molecule is CC(O)C(=O)C(=O)CCCCC(N)C(=O)O. The zero-order valence-electron chi connectivity index (χ0n) is 9.18. The quantitative estimate of drug-likeness (QED) is 0.382. The second kappa shape index (κ2) is 7.08. The van der Waals surface area contributed by atoms with Gasteiger partial charge in [0.05, 0.1) is 0 Å². The average molecular weight is 231 g/mol. The summed E-state index contributed by atoms with van der Waals surface area (Å²) in [6, 6.07) is -0.928. The van der Waals surface area contributed by atoms with E-state index in [0.29, 0.717) is 12.8 Å². The number of rotatable bonds is 8. The zero-order valence-corrected chi connectivity index (χ0v) is 9.18. The number of Topliss-reactive ketones (excluding diaryl/α,β-unsaturated/α-hetero) is 2. The van der Waals surface area contributed by atoms with Crippen molar-refractivity contribution >= 4 is 17.5 Å². The van der Waals surface area contributed by atoms with E-state index >= 15 is 0 Å². The Balaban J connectivity index is 3.71. The summed E-state index contributed by atoms with van der Waals surface area (Å²) < 4.78 is 0. The van der Waals surface area contributed by atoms with Crippen LogP contribution in [-0.2, 0) is 14.4 Å². The van der Waals surface area contributed by atoms with Gasteiger partial charge >= 0.3 is 5.97 Å². The normalized spacial score (nSPS) is 14.2. The maximum Gasteiger partial charge on any atom is 0.320 e. The van der Waals surface area contributed by atoms with Crippen LogP contribution in [-0.4, -0.2) is 39.9 Å². The van der Waals surface area contributed by atoms with Crippen molar-refractivity contribution < 1.29 is 24.6 Å². The first kappa shape index (κ1) is 14.7. The van der Waals surface area contributed by atoms with Crippen LogP contribution in [0, 0.1) is 0 Å². The molecule has 0 aliphatic carbocycles. The second-order valence-corrected chi connectivity index (χ2v) is 3.65. The van der Waals surface area contributed by atoms with Crippen molar-refractivity contribution in [2.45, 2.75) is 44.8 Å². The van der Waals surface area contributed by atoms with E-state index in [1.165, 1.54) is 6.92 Å². The van der Waals surface area contributed by atoms with Crippen molar-refractivity contribution in [3.8, 4) is 0 Å². The lowest BCUT2D eigenvalue weighted by Gasteiger charge is -2.05. The van der Waals surface area contributed by atoms with Gasteiger partial charge in [-0.25, -0.2) is 0 Å². The van der Waals surface area contributed by atoms with E-state index < -0.39 is 29.7 Å². The fraction of sp³-hybridized carbons (Fsp3) is 0.700. The van der Waals surface area contributed by atoms with Crippen molar-refractivity contribution in [3.63, 3.8) is 0 Å². The molecule has 2 unspecified atom stereocenters. The van der Waals surface area contributed by atoms with Gasteiger partial charge in [0.1, 0.15) is 12.1 Å². The van der Waals surface area contributed by atoms with Gasteiger partial charge in [-0.1, -0.05) is 6.42 Å². The maximum absolute atomic E-state index is 11.1. The topological polar surface area (TPSA) is 118 Å². The Kier molecular flexibility index (Phi) is 6.52. The molecule has 16 heavy (non-hydrogen) atoms. The van der Waals surface area contributed by atoms with Gasteiger partial charge in [-0.2, -0.15) is 0 Å². The van der Waals surface area contributed by atoms with Crippen LogP contribution in [0.4, 0.5) is 0 Å². The van der Waals surface area contributed by atoms with Crippen LogP contribution < -0.4 is 5.73 Å². The lowest BCUT2D eigenvalue weighted by Crippen LogP contribution is -2.30. The molecule has 2 atom stereocenters. The third kappa shape index (κ3) is 5.57. The van der Waals surface area contributed by atoms with Gasteiger partial charge in [0.15, 0.2) is 0 Å². The number of aliphatic hydroxyl groups is 1. The molecule has 0 aromatic rings. The highest BCUT2D eigenvalue weighted by atomic mass is 16.4. The summed E-state index contributed by atoms with van der Waals surface area (Å²) in [4.78, 5) is 32.4. The molecule has 0 aromatic heterocycles. The molecule has 0 radical (unpaired) electrons. The highest BCUT2D eigenvalue weighted by molar-refractivity contribution is 6.38. The summed E-state index contributed by atoms with van der Waals surface area (Å²) in [5, 5.41) is 17.3. The van der Waals surface area contributed by atoms with Crippen LogP contribution in [0.1, 0.15) is 32.6 Å². The molecule has 0 aromatic carbocycles. The summed E-state index contributed by atoms with van der Waals surface area (Å²) in [7, 11) is 0. The number of carboxylic acids is 1. The molecule has 92 valence electrons. The third-order valence-electron chi connectivity index (χ3n) is 2.14. The predicted octanol–water partition coefficient (Wildman–Crippen LogP) is -0.522. The fourth-order valence-corrected chi connectivity index (χ4v) is 1.13. The summed E-state index contributed by atoms with van der Waals surface area (Å²) in [5.74, 6) is -2.51. The molecule has 0 saturated heterocycles. The van der Waals surface area contributed by atoms with Gasteiger partial charge in [0.25, 0.3) is 0 Å². The Morgan fingerprint density at radius 3 is 2.25 bits per heavy atom. The van der Waals surface area contributed by atoms with E-state index in [0.717, 1.165) is 0 Å². The van der Waals surface area contributed by atoms with Crippen LogP contribution >= 0.6 is 0 Å². The number of unbranched alkanes of at least 4 members (excludes halogenated alkanes) is 1. The lowest BCUT2D eigenvalue weighted by molar-refractivity contribution is -0.141. The summed E-state index contributed by atoms with van der Waals surface area (Å²) in [5.41, 5.74) is 5.25. The Hall–Kier alpha value is -1.27. The highest BCUT2D eigenvalue weighted by Gasteiger charge is 2.18. The molecule has 0 rings (SSSR count). The third-order valence-corrected chi connectivity index (χ3v) is 2.14. The van der Waals surface area contributed by atoms with Crippen LogP contribution in [0.3, 0.4) is 0 Å². The van der Waals surface area contributed by atoms with Gasteiger partial charge < -0.3 is 15.9 Å². The molecule has 0 amide bonds. The molecule has 0 fully saturated rings. The van der Waals surface area contributed by atoms with E-state index in [4.69, 9.17) is 15.9 Å². The average Bonchev–Trinajstić information content (AvgIpc) is 2.22. The van der Waals surface area contributed by atoms with Crippen LogP contribution in [0.15, 0.2) is 0 Å². The number of aliphatic hydroxyl groups excluding tert-OH is 1. The number of ketones is 2. The van der Waals surface area contributed by atoms with Crippen molar-refractivity contribution in [2.75, 3.05) is 0 Å². The van der Waals surface area contributed by atoms with Gasteiger partial charge in [-0.15, -0.1) is 0 Å². The largest absolute Gasteiger partial charge is 0.480 e. The first-order valence-electron chi connectivity index (χ1n) is 5.09. The van der Waals surface area contributed by atoms with Crippen molar-refractivity contribution in [2.24, 2.45) is 5.73 Å². The zero-order chi connectivity index (χ0) is 12.7. The molecule has 0 bridgehead atoms. The standard InChI is InChI=1S/C10H17NO5/c1-6(12)9(14)8(13)5-3-2-4-7(11)10(15)16/h6-7,12H,2-5,11H2,1H3,(H,15,16). The molecule has 6 heteroatoms. The Morgan fingerprint density at radius 2 is 1.81 bits per heavy atom. The number of aliphatic carboxylic acids is 1. The highest BCUT2D eigenvalue weighted by Crippen LogP contribution is 2.04. The van der Waals surface area contributed by atoms with E-state index in [9.17, 15) is 14.4 Å². The van der Waals surface area contributed by atoms with E-state index in [2.05, 4.69) is 0 Å². The van der Waals surface area contributed by atoms with Crippen LogP contribution in [0.5, 0.6) is 0 Å². The molecule has 0 aliphatic rings. The van der Waals surface area contributed by atoms with Crippen molar-refractivity contribution in [1.29, 1.82) is 0 Å². The Labute approximate surface area is 93.4 Å². The molecular formula is C10H17NO5. The lowest BCUT2D eigenvalue weighted by atomic mass is 10.0. The minimum Gasteiger partial charge on any atom is -0.480 e. The van der Waals surface area contributed by atoms with Gasteiger partial charge in [0, 0.05) is 6.42 Å². The predicted molar refractivity (Wildman–Crippen MR) is 55.8 cm³/mol. The van der Waals surface area contributed by atoms with Crippen LogP contribution in [0.25, 0.3) is 0 Å². The minimum absolute atomic E-state index is 0.0239. The maximum atomic E-state index is 11.1. The van der Waals surface area contributed by atoms with E-state index in [-0.39, 0.29) is 12.8 Å². The van der Waals surface area contributed by atoms with Gasteiger partial charge in [-0.3, -0.25) is 14.4 Å². The van der Waals surface area contributed by atoms with Gasteiger partial charge in [0.2, 0.25) is 11.6 Å². The molecule has 0 saturated carbocycles. The minimum atomic E-state index is -1.27. The monoisotopic (exact) mass is 231 g/mol. The summed E-state index contributed by atoms with van der Waals surface area (Å²) >= 11 is 0. The van der Waals surface area contributed by atoms with E-state index in [1.807, 2.05) is 0 Å². The fourth-order valence-electron chi connectivity index (χ4n) is 1.13. The molecule has 0 heterocycles. The van der Waals surface area contributed by atoms with E-state index in [1.54, 1.807) is 0 Å². The number of nitrogens with two attached hydrogens (primary N) is 1. The second-order valence-electron chi connectivity index (χ2n) is 3.65. The van der Waals surface area contributed by atoms with Crippen LogP contribution in [0.2, 0.25) is 0 Å². The van der Waals surface area contributed by atoms with Crippen molar-refractivity contribution in [1.82, 2.24) is 0 Å². The first-order chi connectivity index (χ1) is 7.36. The number of carbonyl (C=O) groups excluding carboxylic acids is 2. The molecule has 0 aliphatic heterocycles. The molecule has 6 nitrogen and oxygen atoms in total. The number of hydrogen-bond acceptors (Lipinski definition) is 5. The number of carboxylic acid groups (broad SMARTS) is 1. The molecular weight excluding hydrogens is 214 g/mol. The number of carbonyl (C=O) groups is 3. The molecule has 0 spiro atoms. The summed E-state index contributed by atoms with van der Waals surface area (Å²) in [6.07, 6.45) is -0.111. The van der Waals surface area contributed by atoms with Gasteiger partial charge in [-0.05, 0) is 19.8 Å². The Morgan fingerprint density at radius 1 is 1.25 bits per heavy atom. The number of hydrogen-bond donors (Lipinski definition) is 3. The first-order valence-corrected chi connectivity index (χ1v) is 5.09. The van der Waals surface area contributed by atoms with Crippen molar-refractivity contribution in [3.05, 3.63) is 0 Å². The smallest absolute Gasteiger partial charge is 0.320 e. The molecule has 4 N–H and O–H groups in total. The summed E-state index contributed by atoms with van der Waals surface area (Å²) in [6.45, 7) is 1.24. The Bertz CT molecular complexity index is 274.